The molecule has 0 spiro atoms. The standard InChI is InChI=1S/C23H26O10/c1-30-15-6-3-11(7-17(15)31-2)23(22-21(29)20(28)19(27)18(10-24)32-22)9-14(26)13-5-4-12(25)8-16(13)33-23/h3-8,18-22,24-25,27-29H,9-10H2,1-2H3/t18-,19-,20+,21-,22?,23?/m1/s1. The van der Waals surface area contributed by atoms with Gasteiger partial charge in [-0.25, -0.2) is 0 Å². The van der Waals surface area contributed by atoms with E-state index in [4.69, 9.17) is 18.9 Å². The highest BCUT2D eigenvalue weighted by molar-refractivity contribution is 6.00. The lowest BCUT2D eigenvalue weighted by atomic mass is 9.75. The number of aromatic hydroxyl groups is 1. The Kier molecular flexibility index (Phi) is 6.21. The van der Waals surface area contributed by atoms with Crippen LogP contribution in [0.15, 0.2) is 36.4 Å². The SMILES string of the molecule is COc1ccc(C2(C3O[C@H](CO)[C@@H](O)[C@H](O)[C@H]3O)CC(=O)c3ccc(O)cc3O2)cc1OC. The largest absolute Gasteiger partial charge is 0.508 e. The summed E-state index contributed by atoms with van der Waals surface area (Å²) in [6.45, 7) is -0.644. The number of benzene rings is 2. The molecule has 0 saturated carbocycles. The number of hydrogen-bond donors (Lipinski definition) is 5. The molecule has 10 nitrogen and oxygen atoms in total. The van der Waals surface area contributed by atoms with Crippen molar-refractivity contribution < 1.29 is 49.3 Å². The third-order valence-corrected chi connectivity index (χ3v) is 6.20. The molecule has 1 saturated heterocycles. The van der Waals surface area contributed by atoms with Crippen molar-refractivity contribution >= 4 is 5.78 Å². The summed E-state index contributed by atoms with van der Waals surface area (Å²) in [5, 5.41) is 51.2. The number of aliphatic hydroxyl groups excluding tert-OH is 4. The lowest BCUT2D eigenvalue weighted by Crippen LogP contribution is -2.66. The molecular formula is C23H26O10. The van der Waals surface area contributed by atoms with Crippen molar-refractivity contribution in [2.45, 2.75) is 42.5 Å². The van der Waals surface area contributed by atoms with E-state index in [-0.39, 0.29) is 29.3 Å². The van der Waals surface area contributed by atoms with Crippen LogP contribution in [-0.2, 0) is 10.3 Å². The zero-order chi connectivity index (χ0) is 23.9. The molecule has 4 rings (SSSR count). The first kappa shape index (κ1) is 23.3. The first-order chi connectivity index (χ1) is 15.7. The van der Waals surface area contributed by atoms with Crippen molar-refractivity contribution in [2.75, 3.05) is 20.8 Å². The molecule has 2 aromatic carbocycles. The van der Waals surface area contributed by atoms with Crippen molar-refractivity contribution in [1.82, 2.24) is 0 Å². The molecule has 0 bridgehead atoms. The summed E-state index contributed by atoms with van der Waals surface area (Å²) < 4.78 is 22.8. The van der Waals surface area contributed by atoms with Crippen LogP contribution in [0, 0.1) is 0 Å². The van der Waals surface area contributed by atoms with Gasteiger partial charge in [0.25, 0.3) is 0 Å². The second kappa shape index (κ2) is 8.81. The summed E-state index contributed by atoms with van der Waals surface area (Å²) in [4.78, 5) is 13.2. The number of rotatable bonds is 5. The molecule has 2 aliphatic rings. The van der Waals surface area contributed by atoms with E-state index < -0.39 is 42.7 Å². The Labute approximate surface area is 189 Å². The van der Waals surface area contributed by atoms with E-state index in [2.05, 4.69) is 0 Å². The summed E-state index contributed by atoms with van der Waals surface area (Å²) >= 11 is 0. The quantitative estimate of drug-likeness (QED) is 0.413. The predicted octanol–water partition coefficient (Wildman–Crippen LogP) is 0.112. The van der Waals surface area contributed by atoms with Gasteiger partial charge in [-0.1, -0.05) is 6.07 Å². The molecule has 2 aromatic rings. The molecule has 2 unspecified atom stereocenters. The molecule has 0 aliphatic carbocycles. The molecular weight excluding hydrogens is 436 g/mol. The van der Waals surface area contributed by atoms with E-state index >= 15 is 0 Å². The third kappa shape index (κ3) is 3.79. The topological polar surface area (TPSA) is 155 Å². The van der Waals surface area contributed by atoms with Crippen molar-refractivity contribution in [3.63, 3.8) is 0 Å². The third-order valence-electron chi connectivity index (χ3n) is 6.20. The molecule has 2 heterocycles. The van der Waals surface area contributed by atoms with Crippen LogP contribution in [0.5, 0.6) is 23.0 Å². The highest BCUT2D eigenvalue weighted by Gasteiger charge is 2.58. The predicted molar refractivity (Wildman–Crippen MR) is 113 cm³/mol. The smallest absolute Gasteiger partial charge is 0.171 e. The van der Waals surface area contributed by atoms with Crippen LogP contribution in [0.1, 0.15) is 22.3 Å². The highest BCUT2D eigenvalue weighted by atomic mass is 16.6. The molecule has 2 aliphatic heterocycles. The minimum atomic E-state index is -1.70. The van der Waals surface area contributed by atoms with E-state index in [0.717, 1.165) is 0 Å². The van der Waals surface area contributed by atoms with Crippen LogP contribution < -0.4 is 14.2 Å². The Morgan fingerprint density at radius 2 is 1.73 bits per heavy atom. The van der Waals surface area contributed by atoms with Gasteiger partial charge >= 0.3 is 0 Å². The number of ketones is 1. The Morgan fingerprint density at radius 3 is 2.39 bits per heavy atom. The average molecular weight is 462 g/mol. The first-order valence-corrected chi connectivity index (χ1v) is 10.3. The van der Waals surface area contributed by atoms with Crippen LogP contribution in [0.3, 0.4) is 0 Å². The van der Waals surface area contributed by atoms with E-state index in [0.29, 0.717) is 17.1 Å². The number of fused-ring (bicyclic) bond motifs is 1. The fourth-order valence-corrected chi connectivity index (χ4v) is 4.46. The molecule has 0 amide bonds. The molecule has 33 heavy (non-hydrogen) atoms. The fourth-order valence-electron chi connectivity index (χ4n) is 4.46. The zero-order valence-corrected chi connectivity index (χ0v) is 18.0. The normalized spacial score (nSPS) is 31.5. The number of hydrogen-bond acceptors (Lipinski definition) is 10. The summed E-state index contributed by atoms with van der Waals surface area (Å²) in [6.07, 6.45) is -7.84. The maximum Gasteiger partial charge on any atom is 0.171 e. The van der Waals surface area contributed by atoms with E-state index in [1.165, 1.54) is 32.4 Å². The molecule has 178 valence electrons. The van der Waals surface area contributed by atoms with Crippen LogP contribution in [0.4, 0.5) is 0 Å². The van der Waals surface area contributed by atoms with Gasteiger partial charge in [-0.2, -0.15) is 0 Å². The zero-order valence-electron chi connectivity index (χ0n) is 18.0. The summed E-state index contributed by atoms with van der Waals surface area (Å²) in [5.74, 6) is 0.279. The number of methoxy groups -OCH3 is 2. The summed E-state index contributed by atoms with van der Waals surface area (Å²) in [5.41, 5.74) is -1.12. The van der Waals surface area contributed by atoms with Gasteiger partial charge in [0.1, 0.15) is 42.0 Å². The van der Waals surface area contributed by atoms with Crippen LogP contribution >= 0.6 is 0 Å². The van der Waals surface area contributed by atoms with E-state index in [1.807, 2.05) is 0 Å². The van der Waals surface area contributed by atoms with Gasteiger partial charge in [-0.05, 0) is 24.3 Å². The summed E-state index contributed by atoms with van der Waals surface area (Å²) in [6, 6.07) is 8.80. The van der Waals surface area contributed by atoms with Gasteiger partial charge in [0.15, 0.2) is 22.9 Å². The van der Waals surface area contributed by atoms with Gasteiger partial charge < -0.3 is 44.5 Å². The number of phenolic OH excluding ortho intramolecular Hbond substituents is 1. The van der Waals surface area contributed by atoms with Crippen LogP contribution in [0.25, 0.3) is 0 Å². The number of phenols is 1. The van der Waals surface area contributed by atoms with Gasteiger partial charge in [-0.15, -0.1) is 0 Å². The van der Waals surface area contributed by atoms with Crippen LogP contribution in [0.2, 0.25) is 0 Å². The lowest BCUT2D eigenvalue weighted by molar-refractivity contribution is -0.268. The second-order valence-corrected chi connectivity index (χ2v) is 8.09. The van der Waals surface area contributed by atoms with Crippen molar-refractivity contribution in [3.8, 4) is 23.0 Å². The minimum Gasteiger partial charge on any atom is -0.508 e. The monoisotopic (exact) mass is 462 g/mol. The maximum atomic E-state index is 13.2. The van der Waals surface area contributed by atoms with Gasteiger partial charge in [-0.3, -0.25) is 4.79 Å². The minimum absolute atomic E-state index is 0.0537. The Balaban J connectivity index is 1.91. The van der Waals surface area contributed by atoms with Crippen molar-refractivity contribution in [2.24, 2.45) is 0 Å². The fraction of sp³-hybridized carbons (Fsp3) is 0.435. The molecule has 5 N–H and O–H groups in total. The molecule has 0 aromatic heterocycles. The van der Waals surface area contributed by atoms with Crippen LogP contribution in [-0.4, -0.2) is 82.7 Å². The maximum absolute atomic E-state index is 13.2. The molecule has 0 radical (unpaired) electrons. The summed E-state index contributed by atoms with van der Waals surface area (Å²) in [7, 11) is 2.90. The van der Waals surface area contributed by atoms with E-state index in [9.17, 15) is 30.3 Å². The molecule has 10 heteroatoms. The molecule has 6 atom stereocenters. The van der Waals surface area contributed by atoms with Gasteiger partial charge in [0.2, 0.25) is 0 Å². The lowest BCUT2D eigenvalue weighted by Gasteiger charge is -2.50. The number of ether oxygens (including phenoxy) is 4. The van der Waals surface area contributed by atoms with Crippen molar-refractivity contribution in [1.29, 1.82) is 0 Å². The Morgan fingerprint density at radius 1 is 1.00 bits per heavy atom. The average Bonchev–Trinajstić information content (AvgIpc) is 2.81. The Bertz CT molecular complexity index is 1040. The number of carbonyl (C=O) groups is 1. The number of Topliss-reactive ketones (excluding diaryl/α,β-unsaturated/α-hetero) is 1. The Hall–Kier alpha value is -2.89. The highest BCUT2D eigenvalue weighted by Crippen LogP contribution is 2.48. The van der Waals surface area contributed by atoms with E-state index in [1.54, 1.807) is 18.2 Å². The first-order valence-electron chi connectivity index (χ1n) is 10.3. The number of aliphatic hydroxyl groups is 4. The number of carbonyl (C=O) groups excluding carboxylic acids is 1. The second-order valence-electron chi connectivity index (χ2n) is 8.09. The molecule has 1 fully saturated rings. The van der Waals surface area contributed by atoms with Gasteiger partial charge in [0, 0.05) is 11.6 Å². The van der Waals surface area contributed by atoms with Crippen molar-refractivity contribution in [3.05, 3.63) is 47.5 Å². The van der Waals surface area contributed by atoms with Gasteiger partial charge in [0.05, 0.1) is 32.8 Å².